The van der Waals surface area contributed by atoms with E-state index in [2.05, 4.69) is 0 Å². The van der Waals surface area contributed by atoms with Crippen LogP contribution in [0.1, 0.15) is 0 Å². The number of carbonyl (C=O) groups excluding carboxylic acids is 1. The van der Waals surface area contributed by atoms with Crippen LogP contribution >= 0.6 is 11.6 Å². The lowest BCUT2D eigenvalue weighted by atomic mass is 10.2. The number of fused-ring (bicyclic) bond motifs is 1. The number of amides is 1. The molecule has 2 aromatic carbocycles. The predicted molar refractivity (Wildman–Crippen MR) is 87.2 cm³/mol. The molecular weight excluding hydrogens is 323 g/mol. The van der Waals surface area contributed by atoms with Crippen LogP contribution in [0.2, 0.25) is 5.02 Å². The Morgan fingerprint density at radius 2 is 2.00 bits per heavy atom. The molecule has 0 N–H and O–H groups in total. The molecule has 0 bridgehead atoms. The molecule has 1 amide bonds. The van der Waals surface area contributed by atoms with Crippen molar-refractivity contribution in [1.29, 1.82) is 0 Å². The topological polar surface area (TPSA) is 52.6 Å². The Morgan fingerprint density at radius 1 is 1.30 bits per heavy atom. The Hall–Kier alpha value is -2.15. The molecule has 23 heavy (non-hydrogen) atoms. The molecule has 0 saturated carbocycles. The lowest BCUT2D eigenvalue weighted by molar-refractivity contribution is 0.170. The molecule has 0 fully saturated rings. The van der Waals surface area contributed by atoms with Crippen LogP contribution in [0.3, 0.4) is 0 Å². The third-order valence-corrected chi connectivity index (χ3v) is 4.04. The lowest BCUT2D eigenvalue weighted by Crippen LogP contribution is -2.57. The van der Waals surface area contributed by atoms with Crippen LogP contribution in [0.5, 0.6) is 5.75 Å². The SMILES string of the molecule is CN1CC[N+]([O-])(C(=O)Oc2ccc(F)cc2)c2cc(Cl)ccc21. The molecule has 1 aliphatic rings. The third kappa shape index (κ3) is 2.88. The number of nitrogens with zero attached hydrogens (tertiary/aromatic N) is 2. The van der Waals surface area contributed by atoms with E-state index in [1.54, 1.807) is 12.1 Å². The van der Waals surface area contributed by atoms with Crippen LogP contribution in [-0.2, 0) is 0 Å². The fourth-order valence-corrected chi connectivity index (χ4v) is 2.67. The van der Waals surface area contributed by atoms with Crippen LogP contribution < -0.4 is 14.3 Å². The summed E-state index contributed by atoms with van der Waals surface area (Å²) in [5.41, 5.74) is 0.866. The van der Waals surface area contributed by atoms with Gasteiger partial charge in [0.25, 0.3) is 0 Å². The normalized spacial score (nSPS) is 20.1. The number of carbonyl (C=O) groups is 1. The van der Waals surface area contributed by atoms with E-state index in [0.717, 1.165) is 12.1 Å². The van der Waals surface area contributed by atoms with Gasteiger partial charge in [0.2, 0.25) is 0 Å². The van der Waals surface area contributed by atoms with Crippen molar-refractivity contribution in [3.63, 3.8) is 0 Å². The van der Waals surface area contributed by atoms with Gasteiger partial charge in [-0.15, -0.1) is 0 Å². The number of likely N-dealkylation sites (N-methyl/N-ethyl adjacent to an activating group) is 1. The molecule has 120 valence electrons. The summed E-state index contributed by atoms with van der Waals surface area (Å²) in [7, 11) is 1.83. The van der Waals surface area contributed by atoms with Crippen molar-refractivity contribution >= 4 is 29.1 Å². The minimum absolute atomic E-state index is 0.00384. The number of quaternary nitrogens is 1. The molecule has 1 aliphatic heterocycles. The van der Waals surface area contributed by atoms with E-state index in [1.165, 1.54) is 18.2 Å². The summed E-state index contributed by atoms with van der Waals surface area (Å²) < 4.78 is 16.8. The molecule has 1 heterocycles. The number of halogens is 2. The Kier molecular flexibility index (Phi) is 3.97. The number of benzene rings is 2. The fourth-order valence-electron chi connectivity index (χ4n) is 2.51. The molecular formula is C16H14ClFN2O3. The highest BCUT2D eigenvalue weighted by atomic mass is 35.5. The summed E-state index contributed by atoms with van der Waals surface area (Å²) in [6.45, 7) is 0.403. The van der Waals surface area contributed by atoms with E-state index in [1.807, 2.05) is 11.9 Å². The van der Waals surface area contributed by atoms with Crippen LogP contribution in [0.25, 0.3) is 0 Å². The minimum Gasteiger partial charge on any atom is -0.617 e. The van der Waals surface area contributed by atoms with Gasteiger partial charge in [-0.25, -0.2) is 9.04 Å². The summed E-state index contributed by atoms with van der Waals surface area (Å²) in [5, 5.41) is 13.5. The van der Waals surface area contributed by atoms with Gasteiger partial charge in [0, 0.05) is 18.1 Å². The van der Waals surface area contributed by atoms with Crippen molar-refractivity contribution in [2.24, 2.45) is 0 Å². The molecule has 0 radical (unpaired) electrons. The zero-order valence-electron chi connectivity index (χ0n) is 12.3. The molecule has 5 nitrogen and oxygen atoms in total. The van der Waals surface area contributed by atoms with E-state index in [9.17, 15) is 14.4 Å². The second-order valence-electron chi connectivity index (χ2n) is 5.34. The van der Waals surface area contributed by atoms with Crippen molar-refractivity contribution in [3.8, 4) is 5.75 Å². The zero-order chi connectivity index (χ0) is 16.6. The van der Waals surface area contributed by atoms with Gasteiger partial charge >= 0.3 is 6.09 Å². The van der Waals surface area contributed by atoms with E-state index in [-0.39, 0.29) is 18.0 Å². The number of ether oxygens (including phenoxy) is 1. The fraction of sp³-hybridized carbons (Fsp3) is 0.188. The maximum Gasteiger partial charge on any atom is 0.526 e. The molecule has 0 aromatic heterocycles. The smallest absolute Gasteiger partial charge is 0.526 e. The van der Waals surface area contributed by atoms with Crippen LogP contribution in [0.15, 0.2) is 42.5 Å². The first-order chi connectivity index (χ1) is 10.9. The molecule has 1 unspecified atom stereocenters. The lowest BCUT2D eigenvalue weighted by Gasteiger charge is -2.44. The first kappa shape index (κ1) is 15.7. The highest BCUT2D eigenvalue weighted by Crippen LogP contribution is 2.39. The van der Waals surface area contributed by atoms with E-state index in [4.69, 9.17) is 16.3 Å². The standard InChI is InChI=1S/C16H14ClFN2O3/c1-19-8-9-20(22,15-10-11(17)2-7-14(15)19)16(21)23-13-5-3-12(18)4-6-13/h2-7,10H,8-9H2,1H3. The van der Waals surface area contributed by atoms with E-state index < -0.39 is 16.6 Å². The average Bonchev–Trinajstić information content (AvgIpc) is 2.53. The van der Waals surface area contributed by atoms with Gasteiger partial charge in [0.15, 0.2) is 5.69 Å². The Bertz CT molecular complexity index is 753. The maximum atomic E-state index is 13.1. The van der Waals surface area contributed by atoms with Gasteiger partial charge in [-0.3, -0.25) is 0 Å². The maximum absolute atomic E-state index is 13.1. The van der Waals surface area contributed by atoms with Gasteiger partial charge in [0.1, 0.15) is 18.1 Å². The Labute approximate surface area is 137 Å². The van der Waals surface area contributed by atoms with Crippen LogP contribution in [0.4, 0.5) is 20.6 Å². The summed E-state index contributed by atoms with van der Waals surface area (Å²) in [5.74, 6) is -0.334. The third-order valence-electron chi connectivity index (χ3n) is 3.80. The molecule has 2 aromatic rings. The largest absolute Gasteiger partial charge is 0.617 e. The molecule has 0 spiro atoms. The number of anilines is 1. The van der Waals surface area contributed by atoms with Gasteiger partial charge in [-0.2, -0.15) is 4.79 Å². The first-order valence-corrected chi connectivity index (χ1v) is 7.36. The molecule has 1 atom stereocenters. The zero-order valence-corrected chi connectivity index (χ0v) is 13.1. The van der Waals surface area contributed by atoms with Gasteiger partial charge in [-0.1, -0.05) is 11.6 Å². The van der Waals surface area contributed by atoms with Crippen LogP contribution in [-0.4, -0.2) is 26.2 Å². The number of hydroxylamine groups is 2. The van der Waals surface area contributed by atoms with Crippen molar-refractivity contribution in [1.82, 2.24) is 4.65 Å². The van der Waals surface area contributed by atoms with Crippen molar-refractivity contribution < 1.29 is 13.9 Å². The number of hydrogen-bond acceptors (Lipinski definition) is 4. The Morgan fingerprint density at radius 3 is 2.70 bits per heavy atom. The van der Waals surface area contributed by atoms with Crippen molar-refractivity contribution in [3.05, 3.63) is 58.5 Å². The van der Waals surface area contributed by atoms with Crippen LogP contribution in [0, 0.1) is 11.0 Å². The predicted octanol–water partition coefficient (Wildman–Crippen LogP) is 3.93. The second kappa shape index (κ2) is 5.81. The van der Waals surface area contributed by atoms with Crippen molar-refractivity contribution in [2.45, 2.75) is 0 Å². The van der Waals surface area contributed by atoms with Gasteiger partial charge in [0.05, 0.1) is 12.2 Å². The summed E-state index contributed by atoms with van der Waals surface area (Å²) in [4.78, 5) is 14.3. The first-order valence-electron chi connectivity index (χ1n) is 6.98. The molecule has 0 saturated heterocycles. The monoisotopic (exact) mass is 336 g/mol. The van der Waals surface area contributed by atoms with Crippen molar-refractivity contribution in [2.75, 3.05) is 25.0 Å². The second-order valence-corrected chi connectivity index (χ2v) is 5.78. The summed E-state index contributed by atoms with van der Waals surface area (Å²) in [6.07, 6.45) is -0.978. The van der Waals surface area contributed by atoms with E-state index >= 15 is 0 Å². The highest BCUT2D eigenvalue weighted by Gasteiger charge is 2.39. The molecule has 0 aliphatic carbocycles. The average molecular weight is 337 g/mol. The van der Waals surface area contributed by atoms with Gasteiger partial charge < -0.3 is 14.8 Å². The summed E-state index contributed by atoms with van der Waals surface area (Å²) >= 11 is 5.97. The molecule has 3 rings (SSSR count). The van der Waals surface area contributed by atoms with E-state index in [0.29, 0.717) is 17.3 Å². The number of hydrogen-bond donors (Lipinski definition) is 0. The molecule has 7 heteroatoms. The highest BCUT2D eigenvalue weighted by molar-refractivity contribution is 6.31. The quantitative estimate of drug-likeness (QED) is 0.585. The number of rotatable bonds is 1. The Balaban J connectivity index is 1.95. The van der Waals surface area contributed by atoms with Gasteiger partial charge in [-0.05, 0) is 36.4 Å². The summed E-state index contributed by atoms with van der Waals surface area (Å²) in [6, 6.07) is 9.76. The minimum atomic E-state index is -1.27.